The molecule has 1 atom stereocenters. The van der Waals surface area contributed by atoms with Gasteiger partial charge in [-0.25, -0.2) is 0 Å². The van der Waals surface area contributed by atoms with Crippen LogP contribution in [0, 0.1) is 5.92 Å². The molecule has 4 aliphatic rings. The topological polar surface area (TPSA) is 52.6 Å². The molecule has 0 unspecified atom stereocenters. The van der Waals surface area contributed by atoms with Crippen molar-refractivity contribution in [2.45, 2.75) is 75.7 Å². The van der Waals surface area contributed by atoms with Gasteiger partial charge in [0.1, 0.15) is 18.8 Å². The van der Waals surface area contributed by atoms with Gasteiger partial charge in [0.2, 0.25) is 0 Å². The summed E-state index contributed by atoms with van der Waals surface area (Å²) >= 11 is 0. The van der Waals surface area contributed by atoms with Crippen molar-refractivity contribution in [2.24, 2.45) is 5.92 Å². The van der Waals surface area contributed by atoms with Crippen LogP contribution in [0.25, 0.3) is 0 Å². The number of benzene rings is 2. The third-order valence-corrected chi connectivity index (χ3v) is 9.10. The lowest BCUT2D eigenvalue weighted by molar-refractivity contribution is -0.939. The smallest absolute Gasteiger partial charge is 0.317 e. The lowest BCUT2D eigenvalue weighted by Gasteiger charge is -2.52. The SMILES string of the molecule is O=C(CCCOc1ccccc1)C[N+]12CCC(CC1)[C@@H](OC(=O)C1(c3ccccc3)CCCCCC1)C2.[Br-]. The van der Waals surface area contributed by atoms with Gasteiger partial charge in [0.05, 0.1) is 25.1 Å². The molecule has 2 aromatic rings. The number of nitrogens with zero attached hydrogens (tertiary/aromatic N) is 1. The first-order valence-electron chi connectivity index (χ1n) is 14.4. The molecule has 2 bridgehead atoms. The van der Waals surface area contributed by atoms with Gasteiger partial charge >= 0.3 is 5.97 Å². The molecule has 0 N–H and O–H groups in total. The summed E-state index contributed by atoms with van der Waals surface area (Å²) in [4.78, 5) is 26.9. The van der Waals surface area contributed by atoms with Gasteiger partial charge in [-0.15, -0.1) is 0 Å². The molecule has 5 nitrogen and oxygen atoms in total. The molecule has 0 aromatic heterocycles. The average molecular weight is 585 g/mol. The van der Waals surface area contributed by atoms with E-state index in [2.05, 4.69) is 12.1 Å². The molecule has 2 aromatic carbocycles. The number of piperidine rings is 3. The molecular weight excluding hydrogens is 542 g/mol. The fourth-order valence-electron chi connectivity index (χ4n) is 6.96. The van der Waals surface area contributed by atoms with E-state index in [-0.39, 0.29) is 29.1 Å². The van der Waals surface area contributed by atoms with Gasteiger partial charge < -0.3 is 30.9 Å². The highest BCUT2D eigenvalue weighted by Gasteiger charge is 2.50. The first-order chi connectivity index (χ1) is 18.1. The number of Topliss-reactive ketones (excluding diaryl/α,β-unsaturated/α-hetero) is 1. The Morgan fingerprint density at radius 3 is 2.16 bits per heavy atom. The number of para-hydroxylation sites is 1. The average Bonchev–Trinajstić information content (AvgIpc) is 3.20. The maximum absolute atomic E-state index is 13.9. The lowest BCUT2D eigenvalue weighted by Crippen LogP contribution is -3.00. The van der Waals surface area contributed by atoms with Crippen molar-refractivity contribution in [2.75, 3.05) is 32.8 Å². The second-order valence-electron chi connectivity index (χ2n) is 11.6. The van der Waals surface area contributed by atoms with E-state index in [0.29, 0.717) is 31.3 Å². The van der Waals surface area contributed by atoms with Crippen LogP contribution in [0.5, 0.6) is 5.75 Å². The zero-order chi connectivity index (χ0) is 25.6. The standard InChI is InChI=1S/C32H42NO4.BrH/c34-28(14-11-23-36-29-15-7-4-8-16-29)24-33-21-17-26(18-22-33)30(25-33)37-31(35)32(19-9-1-2-10-20-32)27-12-5-3-6-13-27;/h3-8,12-13,15-16,26,30H,1-2,9-11,14,17-25H2;1H/q+1;/p-1/t26?,30-,33?;/m0./s1. The zero-order valence-corrected chi connectivity index (χ0v) is 24.1. The second-order valence-corrected chi connectivity index (χ2v) is 11.6. The Morgan fingerprint density at radius 1 is 0.868 bits per heavy atom. The van der Waals surface area contributed by atoms with E-state index in [1.54, 1.807) is 0 Å². The number of halogens is 1. The Labute approximate surface area is 238 Å². The third-order valence-electron chi connectivity index (χ3n) is 9.10. The Hall–Kier alpha value is -2.18. The molecule has 0 spiro atoms. The van der Waals surface area contributed by atoms with E-state index in [1.807, 2.05) is 48.5 Å². The van der Waals surface area contributed by atoms with E-state index in [9.17, 15) is 9.59 Å². The number of carbonyl (C=O) groups excluding carboxylic acids is 2. The Morgan fingerprint density at radius 2 is 1.50 bits per heavy atom. The van der Waals surface area contributed by atoms with E-state index in [4.69, 9.17) is 9.47 Å². The molecule has 3 heterocycles. The quantitative estimate of drug-likeness (QED) is 0.187. The van der Waals surface area contributed by atoms with E-state index in [1.165, 1.54) is 12.8 Å². The summed E-state index contributed by atoms with van der Waals surface area (Å²) in [5.41, 5.74) is 0.586. The van der Waals surface area contributed by atoms with Gasteiger partial charge in [0.25, 0.3) is 0 Å². The second kappa shape index (κ2) is 13.3. The van der Waals surface area contributed by atoms with Crippen molar-refractivity contribution in [3.63, 3.8) is 0 Å². The number of esters is 1. The normalized spacial score (nSPS) is 26.0. The molecule has 1 aliphatic carbocycles. The maximum Gasteiger partial charge on any atom is 0.317 e. The largest absolute Gasteiger partial charge is 1.00 e. The molecule has 3 aliphatic heterocycles. The highest BCUT2D eigenvalue weighted by atomic mass is 79.9. The number of ether oxygens (including phenoxy) is 2. The minimum Gasteiger partial charge on any atom is -1.00 e. The van der Waals surface area contributed by atoms with E-state index in [0.717, 1.165) is 80.4 Å². The van der Waals surface area contributed by atoms with Crippen LogP contribution >= 0.6 is 0 Å². The number of hydrogen-bond donors (Lipinski definition) is 0. The summed E-state index contributed by atoms with van der Waals surface area (Å²) in [6.07, 6.45) is 9.54. The van der Waals surface area contributed by atoms with E-state index >= 15 is 0 Å². The maximum atomic E-state index is 13.9. The number of quaternary nitrogens is 1. The zero-order valence-electron chi connectivity index (χ0n) is 22.5. The summed E-state index contributed by atoms with van der Waals surface area (Å²) in [6.45, 7) is 3.94. The number of rotatable bonds is 10. The van der Waals surface area contributed by atoms with Crippen LogP contribution in [0.15, 0.2) is 60.7 Å². The van der Waals surface area contributed by atoms with Crippen LogP contribution in [0.4, 0.5) is 0 Å². The molecule has 1 saturated carbocycles. The summed E-state index contributed by atoms with van der Waals surface area (Å²) in [7, 11) is 0. The molecule has 6 heteroatoms. The number of fused-ring (bicyclic) bond motifs is 3. The first-order valence-corrected chi connectivity index (χ1v) is 14.4. The van der Waals surface area contributed by atoms with Gasteiger partial charge in [0, 0.05) is 25.2 Å². The van der Waals surface area contributed by atoms with Crippen LogP contribution in [-0.2, 0) is 19.7 Å². The fourth-order valence-corrected chi connectivity index (χ4v) is 6.96. The highest BCUT2D eigenvalue weighted by Crippen LogP contribution is 2.42. The van der Waals surface area contributed by atoms with Crippen LogP contribution in [-0.4, -0.2) is 55.1 Å². The monoisotopic (exact) mass is 583 g/mol. The minimum absolute atomic E-state index is 0. The minimum atomic E-state index is -0.525. The van der Waals surface area contributed by atoms with Crippen molar-refractivity contribution >= 4 is 11.8 Å². The highest BCUT2D eigenvalue weighted by molar-refractivity contribution is 5.83. The molecule has 3 saturated heterocycles. The van der Waals surface area contributed by atoms with Crippen molar-refractivity contribution in [1.82, 2.24) is 0 Å². The van der Waals surface area contributed by atoms with Crippen LogP contribution in [0.1, 0.15) is 69.8 Å². The first kappa shape index (κ1) is 28.8. The van der Waals surface area contributed by atoms with Crippen LogP contribution in [0.2, 0.25) is 0 Å². The summed E-state index contributed by atoms with van der Waals surface area (Å²) in [5, 5.41) is 0. The molecule has 38 heavy (non-hydrogen) atoms. The molecule has 0 amide bonds. The van der Waals surface area contributed by atoms with Gasteiger partial charge in [-0.2, -0.15) is 0 Å². The van der Waals surface area contributed by atoms with Crippen molar-refractivity contribution in [1.29, 1.82) is 0 Å². The van der Waals surface area contributed by atoms with Crippen LogP contribution < -0.4 is 21.7 Å². The Balaban J connectivity index is 0.00000336. The van der Waals surface area contributed by atoms with Crippen molar-refractivity contribution in [3.05, 3.63) is 66.2 Å². The Bertz CT molecular complexity index is 1030. The van der Waals surface area contributed by atoms with Crippen molar-refractivity contribution < 1.29 is 40.5 Å². The summed E-state index contributed by atoms with van der Waals surface area (Å²) in [6, 6.07) is 20.1. The number of ketones is 1. The summed E-state index contributed by atoms with van der Waals surface area (Å²) in [5.74, 6) is 1.55. The predicted octanol–water partition coefficient (Wildman–Crippen LogP) is 2.86. The molecule has 4 fully saturated rings. The van der Waals surface area contributed by atoms with Crippen LogP contribution in [0.3, 0.4) is 0 Å². The van der Waals surface area contributed by atoms with Crippen molar-refractivity contribution in [3.8, 4) is 5.75 Å². The molecule has 6 rings (SSSR count). The van der Waals surface area contributed by atoms with Gasteiger partial charge in [0.15, 0.2) is 11.9 Å². The number of carbonyl (C=O) groups is 2. The molecule has 206 valence electrons. The third kappa shape index (κ3) is 6.69. The lowest BCUT2D eigenvalue weighted by atomic mass is 9.74. The van der Waals surface area contributed by atoms with Gasteiger partial charge in [-0.3, -0.25) is 9.59 Å². The number of hydrogen-bond acceptors (Lipinski definition) is 4. The predicted molar refractivity (Wildman–Crippen MR) is 144 cm³/mol. The van der Waals surface area contributed by atoms with E-state index < -0.39 is 5.41 Å². The van der Waals surface area contributed by atoms with Gasteiger partial charge in [-0.1, -0.05) is 74.2 Å². The van der Waals surface area contributed by atoms with Gasteiger partial charge in [-0.05, 0) is 37.0 Å². The molecular formula is C32H42BrNO4. The summed E-state index contributed by atoms with van der Waals surface area (Å²) < 4.78 is 13.0. The molecule has 0 radical (unpaired) electrons. The fraction of sp³-hybridized carbons (Fsp3) is 0.562. The Kier molecular flexibility index (Phi) is 10.1.